The zero-order valence-electron chi connectivity index (χ0n) is 11.3. The molecule has 22 heavy (non-hydrogen) atoms. The summed E-state index contributed by atoms with van der Waals surface area (Å²) in [5.74, 6) is -1.68. The lowest BCUT2D eigenvalue weighted by atomic mass is 10.1. The third-order valence-corrected chi connectivity index (χ3v) is 3.50. The minimum Gasteiger partial charge on any atom is -0.480 e. The first-order chi connectivity index (χ1) is 10.5. The molecule has 1 amide bonds. The first-order valence-electron chi connectivity index (χ1n) is 6.36. The molecule has 2 rings (SSSR count). The summed E-state index contributed by atoms with van der Waals surface area (Å²) in [6, 6.07) is 8.56. The van der Waals surface area contributed by atoms with Crippen molar-refractivity contribution >= 4 is 35.1 Å². The highest BCUT2D eigenvalue weighted by atomic mass is 35.5. The molecule has 0 saturated heterocycles. The van der Waals surface area contributed by atoms with Gasteiger partial charge in [0.25, 0.3) is 5.91 Å². The molecule has 0 aliphatic heterocycles. The standard InChI is InChI=1S/C15H12Cl2N2O3/c16-11-4-2-1-3-10(11)14(20)19-12(15(21)22)7-9-5-6-13(17)18-8-9/h1-6,8,12H,7H2,(H,19,20)(H,21,22)/t12-/m1/s1. The lowest BCUT2D eigenvalue weighted by Gasteiger charge is -2.15. The summed E-state index contributed by atoms with van der Waals surface area (Å²) in [4.78, 5) is 27.3. The molecule has 0 unspecified atom stereocenters. The quantitative estimate of drug-likeness (QED) is 0.821. The maximum absolute atomic E-state index is 12.1. The van der Waals surface area contributed by atoms with Gasteiger partial charge in [0.05, 0.1) is 10.6 Å². The monoisotopic (exact) mass is 338 g/mol. The summed E-state index contributed by atoms with van der Waals surface area (Å²) in [5, 5.41) is 12.3. The SMILES string of the molecule is O=C(N[C@H](Cc1ccc(Cl)nc1)C(=O)O)c1ccccc1Cl. The van der Waals surface area contributed by atoms with Gasteiger partial charge in [-0.2, -0.15) is 0 Å². The summed E-state index contributed by atoms with van der Waals surface area (Å²) >= 11 is 11.6. The van der Waals surface area contributed by atoms with Gasteiger partial charge in [-0.05, 0) is 23.8 Å². The molecule has 1 atom stereocenters. The number of amides is 1. The second-order valence-electron chi connectivity index (χ2n) is 4.54. The summed E-state index contributed by atoms with van der Waals surface area (Å²) < 4.78 is 0. The number of carboxylic acids is 1. The number of carbonyl (C=O) groups is 2. The van der Waals surface area contributed by atoms with Gasteiger partial charge in [0.15, 0.2) is 0 Å². The normalized spacial score (nSPS) is 11.7. The Morgan fingerprint density at radius 2 is 1.91 bits per heavy atom. The van der Waals surface area contributed by atoms with Crippen LogP contribution < -0.4 is 5.32 Å². The van der Waals surface area contributed by atoms with Crippen molar-refractivity contribution in [1.29, 1.82) is 0 Å². The van der Waals surface area contributed by atoms with Crippen LogP contribution in [0.25, 0.3) is 0 Å². The number of carboxylic acid groups (broad SMARTS) is 1. The molecule has 1 heterocycles. The number of benzene rings is 1. The van der Waals surface area contributed by atoms with Crippen molar-refractivity contribution in [3.8, 4) is 0 Å². The highest BCUT2D eigenvalue weighted by Gasteiger charge is 2.22. The molecule has 0 radical (unpaired) electrons. The Hall–Kier alpha value is -2.11. The van der Waals surface area contributed by atoms with Crippen LogP contribution in [0.1, 0.15) is 15.9 Å². The van der Waals surface area contributed by atoms with E-state index in [0.29, 0.717) is 10.7 Å². The molecule has 0 aliphatic rings. The molecule has 0 aliphatic carbocycles. The maximum Gasteiger partial charge on any atom is 0.326 e. The van der Waals surface area contributed by atoms with Crippen LogP contribution >= 0.6 is 23.2 Å². The zero-order chi connectivity index (χ0) is 16.1. The summed E-state index contributed by atoms with van der Waals surface area (Å²) in [5.41, 5.74) is 0.876. The highest BCUT2D eigenvalue weighted by molar-refractivity contribution is 6.33. The number of halogens is 2. The maximum atomic E-state index is 12.1. The van der Waals surface area contributed by atoms with Crippen LogP contribution in [0.5, 0.6) is 0 Å². The molecule has 5 nitrogen and oxygen atoms in total. The van der Waals surface area contributed by atoms with Gasteiger partial charge in [-0.3, -0.25) is 4.79 Å². The number of rotatable bonds is 5. The number of nitrogens with one attached hydrogen (secondary N) is 1. The van der Waals surface area contributed by atoms with E-state index in [4.69, 9.17) is 23.2 Å². The average Bonchev–Trinajstić information content (AvgIpc) is 2.49. The fourth-order valence-electron chi connectivity index (χ4n) is 1.84. The van der Waals surface area contributed by atoms with E-state index in [9.17, 15) is 14.7 Å². The second kappa shape index (κ2) is 7.24. The van der Waals surface area contributed by atoms with Gasteiger partial charge >= 0.3 is 5.97 Å². The number of aliphatic carboxylic acids is 1. The fourth-order valence-corrected chi connectivity index (χ4v) is 2.18. The van der Waals surface area contributed by atoms with E-state index >= 15 is 0 Å². The lowest BCUT2D eigenvalue weighted by Crippen LogP contribution is -2.42. The number of hydrogen-bond acceptors (Lipinski definition) is 3. The molecular weight excluding hydrogens is 327 g/mol. The predicted octanol–water partition coefficient (Wildman–Crippen LogP) is 2.81. The molecule has 0 saturated carbocycles. The Bertz CT molecular complexity index is 689. The molecule has 0 fully saturated rings. The van der Waals surface area contributed by atoms with Crippen LogP contribution in [-0.4, -0.2) is 28.0 Å². The molecular formula is C15H12Cl2N2O3. The van der Waals surface area contributed by atoms with Crippen LogP contribution in [0.2, 0.25) is 10.2 Å². The van der Waals surface area contributed by atoms with Crippen molar-refractivity contribution in [3.05, 3.63) is 63.9 Å². The summed E-state index contributed by atoms with van der Waals surface area (Å²) in [7, 11) is 0. The molecule has 0 spiro atoms. The Morgan fingerprint density at radius 3 is 2.50 bits per heavy atom. The van der Waals surface area contributed by atoms with Crippen LogP contribution in [0, 0.1) is 0 Å². The van der Waals surface area contributed by atoms with Crippen LogP contribution in [0.3, 0.4) is 0 Å². The summed E-state index contributed by atoms with van der Waals surface area (Å²) in [6.07, 6.45) is 1.57. The van der Waals surface area contributed by atoms with E-state index in [0.717, 1.165) is 0 Å². The van der Waals surface area contributed by atoms with Gasteiger partial charge in [0.1, 0.15) is 11.2 Å². The van der Waals surface area contributed by atoms with Crippen LogP contribution in [0.15, 0.2) is 42.6 Å². The van der Waals surface area contributed by atoms with E-state index in [1.54, 1.807) is 30.3 Å². The van der Waals surface area contributed by atoms with Crippen molar-refractivity contribution in [1.82, 2.24) is 10.3 Å². The molecule has 2 N–H and O–H groups in total. The third kappa shape index (κ3) is 4.19. The van der Waals surface area contributed by atoms with E-state index in [1.807, 2.05) is 0 Å². The number of carbonyl (C=O) groups excluding carboxylic acids is 1. The smallest absolute Gasteiger partial charge is 0.326 e. The van der Waals surface area contributed by atoms with E-state index < -0.39 is 17.9 Å². The van der Waals surface area contributed by atoms with Crippen molar-refractivity contribution in [2.75, 3.05) is 0 Å². The van der Waals surface area contributed by atoms with Gasteiger partial charge in [0, 0.05) is 12.6 Å². The van der Waals surface area contributed by atoms with Crippen molar-refractivity contribution < 1.29 is 14.7 Å². The molecule has 0 bridgehead atoms. The molecule has 2 aromatic rings. The molecule has 7 heteroatoms. The van der Waals surface area contributed by atoms with Gasteiger partial charge in [-0.15, -0.1) is 0 Å². The molecule has 1 aromatic carbocycles. The number of pyridine rings is 1. The predicted molar refractivity (Wildman–Crippen MR) is 83.3 cm³/mol. The van der Waals surface area contributed by atoms with Crippen molar-refractivity contribution in [3.63, 3.8) is 0 Å². The van der Waals surface area contributed by atoms with Crippen molar-refractivity contribution in [2.45, 2.75) is 12.5 Å². The first kappa shape index (κ1) is 16.3. The summed E-state index contributed by atoms with van der Waals surface area (Å²) in [6.45, 7) is 0. The largest absolute Gasteiger partial charge is 0.480 e. The van der Waals surface area contributed by atoms with Gasteiger partial charge in [-0.1, -0.05) is 41.4 Å². The van der Waals surface area contributed by atoms with E-state index in [-0.39, 0.29) is 17.0 Å². The molecule has 1 aromatic heterocycles. The van der Waals surface area contributed by atoms with Crippen molar-refractivity contribution in [2.24, 2.45) is 0 Å². The fraction of sp³-hybridized carbons (Fsp3) is 0.133. The first-order valence-corrected chi connectivity index (χ1v) is 7.11. The second-order valence-corrected chi connectivity index (χ2v) is 5.33. The van der Waals surface area contributed by atoms with Gasteiger partial charge in [-0.25, -0.2) is 9.78 Å². The Morgan fingerprint density at radius 1 is 1.18 bits per heavy atom. The lowest BCUT2D eigenvalue weighted by molar-refractivity contribution is -0.139. The van der Waals surface area contributed by atoms with Crippen LogP contribution in [-0.2, 0) is 11.2 Å². The van der Waals surface area contributed by atoms with Crippen LogP contribution in [0.4, 0.5) is 0 Å². The number of nitrogens with zero attached hydrogens (tertiary/aromatic N) is 1. The highest BCUT2D eigenvalue weighted by Crippen LogP contribution is 2.15. The van der Waals surface area contributed by atoms with E-state index in [2.05, 4.69) is 10.3 Å². The third-order valence-electron chi connectivity index (χ3n) is 2.95. The minimum absolute atomic E-state index is 0.0930. The van der Waals surface area contributed by atoms with E-state index in [1.165, 1.54) is 12.3 Å². The Balaban J connectivity index is 2.12. The average molecular weight is 339 g/mol. The van der Waals surface area contributed by atoms with Gasteiger partial charge < -0.3 is 10.4 Å². The minimum atomic E-state index is -1.14. The van der Waals surface area contributed by atoms with Gasteiger partial charge in [0.2, 0.25) is 0 Å². The number of aromatic nitrogens is 1. The Labute approximate surface area is 136 Å². The topological polar surface area (TPSA) is 79.3 Å². The molecule has 114 valence electrons. The number of hydrogen-bond donors (Lipinski definition) is 2. The zero-order valence-corrected chi connectivity index (χ0v) is 12.8. The Kier molecular flexibility index (Phi) is 5.35.